The Bertz CT molecular complexity index is 1170. The molecule has 0 aromatic carbocycles. The van der Waals surface area contributed by atoms with Crippen LogP contribution < -0.4 is 11.2 Å². The van der Waals surface area contributed by atoms with Crippen molar-refractivity contribution < 1.29 is 13.2 Å². The van der Waals surface area contributed by atoms with E-state index >= 15 is 0 Å². The summed E-state index contributed by atoms with van der Waals surface area (Å²) in [7, 11) is 1.62. The molecule has 8 nitrogen and oxygen atoms in total. The standard InChI is InChI=1S/C21H23F3N8/c1-11(15-6-7-16(20(23)24)26-9-15)12(2)21(31(5)25)29-17-8-18(28-10-27-17)32-14(4)19(22)13(3)30-32/h6-10,20H,1,25H2,2-5H3,(H,27,28,29)/b21-12-. The van der Waals surface area contributed by atoms with Gasteiger partial charge in [0.2, 0.25) is 0 Å². The van der Waals surface area contributed by atoms with Gasteiger partial charge in [-0.15, -0.1) is 0 Å². The van der Waals surface area contributed by atoms with Crippen LogP contribution >= 0.6 is 0 Å². The quantitative estimate of drug-likeness (QED) is 0.324. The Kier molecular flexibility index (Phi) is 6.58. The summed E-state index contributed by atoms with van der Waals surface area (Å²) in [6.07, 6.45) is 0.00264. The molecule has 0 saturated carbocycles. The maximum atomic E-state index is 14.0. The maximum Gasteiger partial charge on any atom is 0.280 e. The molecule has 0 spiro atoms. The Morgan fingerprint density at radius 3 is 2.47 bits per heavy atom. The van der Waals surface area contributed by atoms with Crippen LogP contribution in [0.2, 0.25) is 0 Å². The van der Waals surface area contributed by atoms with Crippen LogP contribution in [0.4, 0.5) is 19.0 Å². The first-order valence-corrected chi connectivity index (χ1v) is 9.54. The van der Waals surface area contributed by atoms with Crippen molar-refractivity contribution in [1.29, 1.82) is 0 Å². The number of aromatic nitrogens is 5. The zero-order valence-corrected chi connectivity index (χ0v) is 18.1. The van der Waals surface area contributed by atoms with Crippen LogP contribution in [-0.4, -0.2) is 36.8 Å². The third-order valence-electron chi connectivity index (χ3n) is 4.84. The minimum atomic E-state index is -2.65. The smallest absolute Gasteiger partial charge is 0.280 e. The van der Waals surface area contributed by atoms with Crippen LogP contribution in [0.5, 0.6) is 0 Å². The molecule has 0 fully saturated rings. The number of rotatable bonds is 7. The van der Waals surface area contributed by atoms with E-state index in [0.717, 1.165) is 0 Å². The van der Waals surface area contributed by atoms with Crippen molar-refractivity contribution in [2.24, 2.45) is 5.84 Å². The van der Waals surface area contributed by atoms with Crippen molar-refractivity contribution in [2.45, 2.75) is 27.2 Å². The highest BCUT2D eigenvalue weighted by atomic mass is 19.3. The highest BCUT2D eigenvalue weighted by Gasteiger charge is 2.16. The van der Waals surface area contributed by atoms with Gasteiger partial charge in [0.05, 0.1) is 11.4 Å². The van der Waals surface area contributed by atoms with Gasteiger partial charge in [-0.05, 0) is 43.5 Å². The third-order valence-corrected chi connectivity index (χ3v) is 4.84. The first kappa shape index (κ1) is 22.9. The molecule has 11 heteroatoms. The number of hydrogen-bond donors (Lipinski definition) is 2. The predicted molar refractivity (Wildman–Crippen MR) is 115 cm³/mol. The van der Waals surface area contributed by atoms with E-state index in [0.29, 0.717) is 39.9 Å². The Balaban J connectivity index is 1.93. The topological polar surface area (TPSA) is 97.8 Å². The normalized spacial score (nSPS) is 12.0. The van der Waals surface area contributed by atoms with E-state index in [9.17, 15) is 13.2 Å². The number of hydrazine groups is 1. The van der Waals surface area contributed by atoms with Gasteiger partial charge >= 0.3 is 0 Å². The van der Waals surface area contributed by atoms with Crippen LogP contribution in [0.3, 0.4) is 0 Å². The summed E-state index contributed by atoms with van der Waals surface area (Å²) in [6.45, 7) is 8.98. The van der Waals surface area contributed by atoms with E-state index in [1.165, 1.54) is 34.3 Å². The Labute approximate surface area is 183 Å². The van der Waals surface area contributed by atoms with Gasteiger partial charge in [-0.3, -0.25) is 9.99 Å². The summed E-state index contributed by atoms with van der Waals surface area (Å²) in [4.78, 5) is 12.1. The molecule has 0 atom stereocenters. The molecular weight excluding hydrogens is 421 g/mol. The van der Waals surface area contributed by atoms with Crippen molar-refractivity contribution in [3.8, 4) is 5.82 Å². The molecule has 0 aliphatic carbocycles. The average molecular weight is 444 g/mol. The fourth-order valence-corrected chi connectivity index (χ4v) is 3.02. The van der Waals surface area contributed by atoms with Crippen molar-refractivity contribution in [3.63, 3.8) is 0 Å². The number of anilines is 1. The van der Waals surface area contributed by atoms with E-state index < -0.39 is 12.2 Å². The van der Waals surface area contributed by atoms with Gasteiger partial charge in [0.15, 0.2) is 11.6 Å². The number of nitrogens with zero attached hydrogens (tertiary/aromatic N) is 6. The van der Waals surface area contributed by atoms with Gasteiger partial charge in [-0.25, -0.2) is 33.7 Å². The number of nitrogens with two attached hydrogens (primary N) is 1. The van der Waals surface area contributed by atoms with Crippen LogP contribution in [0, 0.1) is 19.7 Å². The first-order chi connectivity index (χ1) is 15.1. The summed E-state index contributed by atoms with van der Waals surface area (Å²) >= 11 is 0. The van der Waals surface area contributed by atoms with Crippen molar-refractivity contribution in [1.82, 2.24) is 29.7 Å². The minimum absolute atomic E-state index is 0.261. The third kappa shape index (κ3) is 4.62. The molecule has 3 rings (SSSR count). The number of pyridine rings is 1. The number of alkyl halides is 2. The Morgan fingerprint density at radius 2 is 1.94 bits per heavy atom. The van der Waals surface area contributed by atoms with Gasteiger partial charge in [-0.1, -0.05) is 12.6 Å². The van der Waals surface area contributed by atoms with Crippen LogP contribution in [0.25, 0.3) is 11.4 Å². The Morgan fingerprint density at radius 1 is 1.22 bits per heavy atom. The lowest BCUT2D eigenvalue weighted by Crippen LogP contribution is -2.31. The second-order valence-electron chi connectivity index (χ2n) is 7.12. The fourth-order valence-electron chi connectivity index (χ4n) is 3.02. The van der Waals surface area contributed by atoms with Gasteiger partial charge in [0.25, 0.3) is 6.43 Å². The first-order valence-electron chi connectivity index (χ1n) is 9.54. The number of allylic oxidation sites excluding steroid dienone is 2. The van der Waals surface area contributed by atoms with Crippen molar-refractivity contribution >= 4 is 11.4 Å². The summed E-state index contributed by atoms with van der Waals surface area (Å²) in [5, 5.41) is 8.60. The fraction of sp³-hybridized carbons (Fsp3) is 0.238. The molecule has 0 amide bonds. The lowest BCUT2D eigenvalue weighted by Gasteiger charge is -2.22. The predicted octanol–water partition coefficient (Wildman–Crippen LogP) is 3.91. The molecular formula is C21H23F3N8. The molecule has 3 aromatic rings. The maximum absolute atomic E-state index is 14.0. The van der Waals surface area contributed by atoms with Gasteiger partial charge < -0.3 is 5.32 Å². The van der Waals surface area contributed by atoms with Gasteiger partial charge in [-0.2, -0.15) is 5.10 Å². The van der Waals surface area contributed by atoms with Crippen LogP contribution in [0.1, 0.15) is 36.0 Å². The summed E-state index contributed by atoms with van der Waals surface area (Å²) in [5.41, 5.74) is 2.01. The number of aryl methyl sites for hydroxylation is 1. The second kappa shape index (κ2) is 9.18. The van der Waals surface area contributed by atoms with Crippen molar-refractivity contribution in [3.05, 3.63) is 77.2 Å². The van der Waals surface area contributed by atoms with Crippen molar-refractivity contribution in [2.75, 3.05) is 12.4 Å². The lowest BCUT2D eigenvalue weighted by atomic mass is 10.0. The largest absolute Gasteiger partial charge is 0.325 e. The molecule has 3 N–H and O–H groups in total. The zero-order chi connectivity index (χ0) is 23.6. The molecule has 0 bridgehead atoms. The average Bonchev–Trinajstić information content (AvgIpc) is 3.03. The van der Waals surface area contributed by atoms with Crippen LogP contribution in [-0.2, 0) is 0 Å². The minimum Gasteiger partial charge on any atom is -0.325 e. The summed E-state index contributed by atoms with van der Waals surface area (Å²) < 4.78 is 41.0. The molecule has 32 heavy (non-hydrogen) atoms. The van der Waals surface area contributed by atoms with E-state index in [2.05, 4.69) is 31.9 Å². The zero-order valence-electron chi connectivity index (χ0n) is 18.1. The van der Waals surface area contributed by atoms with E-state index in [-0.39, 0.29) is 11.4 Å². The lowest BCUT2D eigenvalue weighted by molar-refractivity contribution is 0.146. The second-order valence-corrected chi connectivity index (χ2v) is 7.12. The molecule has 3 heterocycles. The number of halogens is 3. The van der Waals surface area contributed by atoms with Gasteiger partial charge in [0, 0.05) is 19.3 Å². The number of hydrogen-bond acceptors (Lipinski definition) is 7. The molecule has 0 aliphatic rings. The highest BCUT2D eigenvalue weighted by Crippen LogP contribution is 2.26. The highest BCUT2D eigenvalue weighted by molar-refractivity contribution is 5.77. The number of nitrogens with one attached hydrogen (secondary N) is 1. The summed E-state index contributed by atoms with van der Waals surface area (Å²) in [6, 6.07) is 4.37. The Hall–Kier alpha value is -3.73. The van der Waals surface area contributed by atoms with E-state index in [1.807, 2.05) is 0 Å². The molecule has 168 valence electrons. The SMILES string of the molecule is C=C(/C(C)=C(/Nc1cc(-n2nc(C)c(F)c2C)ncn1)N(C)N)c1ccc(C(F)F)nc1. The molecule has 0 saturated heterocycles. The monoisotopic (exact) mass is 444 g/mol. The molecule has 0 radical (unpaired) electrons. The summed E-state index contributed by atoms with van der Waals surface area (Å²) in [5.74, 6) is 6.81. The molecule has 3 aromatic heterocycles. The molecule has 0 aliphatic heterocycles. The van der Waals surface area contributed by atoms with Crippen LogP contribution in [0.15, 0.2) is 48.7 Å². The van der Waals surface area contributed by atoms with E-state index in [4.69, 9.17) is 5.84 Å². The van der Waals surface area contributed by atoms with E-state index in [1.54, 1.807) is 33.9 Å². The van der Waals surface area contributed by atoms with Gasteiger partial charge in [0.1, 0.15) is 23.7 Å². The molecule has 0 unspecified atom stereocenters.